The van der Waals surface area contributed by atoms with E-state index in [4.69, 9.17) is 0 Å². The number of benzene rings is 1. The summed E-state index contributed by atoms with van der Waals surface area (Å²) in [4.78, 5) is 27.0. The van der Waals surface area contributed by atoms with Gasteiger partial charge in [0.2, 0.25) is 0 Å². The second-order valence-electron chi connectivity index (χ2n) is 4.82. The third kappa shape index (κ3) is 2.81. The van der Waals surface area contributed by atoms with Crippen LogP contribution in [0.5, 0.6) is 0 Å². The molecule has 1 N–H and O–H groups in total. The number of para-hydroxylation sites is 1. The maximum Gasteiger partial charge on any atom is 0.327 e. The quantitative estimate of drug-likeness (QED) is 0.845. The van der Waals surface area contributed by atoms with Gasteiger partial charge in [0.05, 0.1) is 0 Å². The molecule has 1 heterocycles. The Kier molecular flexibility index (Phi) is 4.42. The lowest BCUT2D eigenvalue weighted by Crippen LogP contribution is -2.49. The van der Waals surface area contributed by atoms with Gasteiger partial charge in [-0.1, -0.05) is 30.4 Å². The molecule has 5 heteroatoms. The van der Waals surface area contributed by atoms with E-state index in [1.165, 1.54) is 9.80 Å². The van der Waals surface area contributed by atoms with Gasteiger partial charge in [-0.3, -0.25) is 4.90 Å². The van der Waals surface area contributed by atoms with Gasteiger partial charge in [-0.05, 0) is 11.6 Å². The van der Waals surface area contributed by atoms with Gasteiger partial charge in [0.1, 0.15) is 6.04 Å². The number of fused-ring (bicyclic) bond motifs is 1. The first-order valence-electron chi connectivity index (χ1n) is 6.70. The van der Waals surface area contributed by atoms with Crippen molar-refractivity contribution in [2.45, 2.75) is 12.5 Å². The first-order valence-corrected chi connectivity index (χ1v) is 6.70. The highest BCUT2D eigenvalue weighted by molar-refractivity contribution is 6.01. The lowest BCUT2D eigenvalue weighted by atomic mass is 10.1. The highest BCUT2D eigenvalue weighted by Gasteiger charge is 2.39. The molecule has 2 amide bonds. The number of carboxylic acid groups (broad SMARTS) is 1. The van der Waals surface area contributed by atoms with Crippen LogP contribution in [0.2, 0.25) is 0 Å². The second-order valence-corrected chi connectivity index (χ2v) is 4.82. The van der Waals surface area contributed by atoms with E-state index >= 15 is 0 Å². The van der Waals surface area contributed by atoms with E-state index in [-0.39, 0.29) is 6.03 Å². The molecule has 0 aromatic heterocycles. The number of urea groups is 1. The Balaban J connectivity index is 2.37. The van der Waals surface area contributed by atoms with Crippen LogP contribution in [0.3, 0.4) is 0 Å². The summed E-state index contributed by atoms with van der Waals surface area (Å²) in [7, 11) is 0. The molecule has 2 rings (SSSR count). The number of hydrogen-bond donors (Lipinski definition) is 1. The fourth-order valence-electron chi connectivity index (χ4n) is 2.51. The zero-order chi connectivity index (χ0) is 15.4. The number of carboxylic acids is 1. The predicted molar refractivity (Wildman–Crippen MR) is 81.4 cm³/mol. The number of hydrogen-bond acceptors (Lipinski definition) is 2. The summed E-state index contributed by atoms with van der Waals surface area (Å²) >= 11 is 0. The fourth-order valence-corrected chi connectivity index (χ4v) is 2.51. The third-order valence-corrected chi connectivity index (χ3v) is 3.44. The first kappa shape index (κ1) is 14.8. The van der Waals surface area contributed by atoms with Gasteiger partial charge in [-0.2, -0.15) is 0 Å². The predicted octanol–water partition coefficient (Wildman–Crippen LogP) is 2.30. The van der Waals surface area contributed by atoms with E-state index in [0.29, 0.717) is 25.2 Å². The van der Waals surface area contributed by atoms with Crippen molar-refractivity contribution in [1.29, 1.82) is 0 Å². The molecule has 1 aliphatic rings. The zero-order valence-electron chi connectivity index (χ0n) is 11.7. The van der Waals surface area contributed by atoms with E-state index in [1.807, 2.05) is 12.1 Å². The maximum absolute atomic E-state index is 12.7. The van der Waals surface area contributed by atoms with Crippen molar-refractivity contribution >= 4 is 17.7 Å². The molecule has 110 valence electrons. The number of carbonyl (C=O) groups is 2. The molecule has 5 nitrogen and oxygen atoms in total. The number of anilines is 1. The summed E-state index contributed by atoms with van der Waals surface area (Å²) in [5.74, 6) is -1.00. The molecule has 0 bridgehead atoms. The molecule has 0 saturated heterocycles. The monoisotopic (exact) mass is 286 g/mol. The minimum absolute atomic E-state index is 0.327. The van der Waals surface area contributed by atoms with Crippen molar-refractivity contribution in [2.75, 3.05) is 18.0 Å². The Morgan fingerprint density at radius 1 is 1.29 bits per heavy atom. The normalized spacial score (nSPS) is 16.2. The molecule has 0 fully saturated rings. The van der Waals surface area contributed by atoms with E-state index in [1.54, 1.807) is 24.3 Å². The summed E-state index contributed by atoms with van der Waals surface area (Å²) < 4.78 is 0. The molecule has 1 aromatic carbocycles. The first-order chi connectivity index (χ1) is 10.1. The number of amides is 2. The Morgan fingerprint density at radius 3 is 2.48 bits per heavy atom. The van der Waals surface area contributed by atoms with Gasteiger partial charge in [0.15, 0.2) is 0 Å². The molecule has 0 saturated carbocycles. The highest BCUT2D eigenvalue weighted by atomic mass is 16.4. The summed E-state index contributed by atoms with van der Waals surface area (Å²) in [5, 5.41) is 9.39. The molecule has 0 spiro atoms. The molecule has 0 radical (unpaired) electrons. The van der Waals surface area contributed by atoms with Crippen molar-refractivity contribution in [3.8, 4) is 0 Å². The van der Waals surface area contributed by atoms with Crippen molar-refractivity contribution in [2.24, 2.45) is 0 Å². The molecule has 1 aromatic rings. The van der Waals surface area contributed by atoms with Gasteiger partial charge in [-0.25, -0.2) is 9.59 Å². The lowest BCUT2D eigenvalue weighted by Gasteiger charge is -2.29. The van der Waals surface area contributed by atoms with Crippen LogP contribution in [0, 0.1) is 0 Å². The Hall–Kier alpha value is -2.56. The average molecular weight is 286 g/mol. The van der Waals surface area contributed by atoms with E-state index in [2.05, 4.69) is 13.2 Å². The van der Waals surface area contributed by atoms with Crippen molar-refractivity contribution in [1.82, 2.24) is 4.90 Å². The number of aliphatic carboxylic acids is 1. The van der Waals surface area contributed by atoms with Gasteiger partial charge >= 0.3 is 12.0 Å². The van der Waals surface area contributed by atoms with Gasteiger partial charge in [0, 0.05) is 25.2 Å². The average Bonchev–Trinajstić information content (AvgIpc) is 2.86. The smallest absolute Gasteiger partial charge is 0.327 e. The summed E-state index contributed by atoms with van der Waals surface area (Å²) in [6.07, 6.45) is 3.55. The maximum atomic E-state index is 12.7. The largest absolute Gasteiger partial charge is 0.480 e. The molecular weight excluding hydrogens is 268 g/mol. The topological polar surface area (TPSA) is 60.9 Å². The fraction of sp³-hybridized carbons (Fsp3) is 0.250. The Bertz CT molecular complexity index is 573. The van der Waals surface area contributed by atoms with Gasteiger partial charge in [-0.15, -0.1) is 13.2 Å². The highest BCUT2D eigenvalue weighted by Crippen LogP contribution is 2.33. The number of carbonyl (C=O) groups excluding carboxylic acids is 1. The Morgan fingerprint density at radius 2 is 1.90 bits per heavy atom. The molecular formula is C16H18N2O3. The minimum Gasteiger partial charge on any atom is -0.480 e. The second kappa shape index (κ2) is 6.26. The lowest BCUT2D eigenvalue weighted by molar-refractivity contribution is -0.138. The van der Waals surface area contributed by atoms with Crippen LogP contribution in [0.25, 0.3) is 0 Å². The number of nitrogens with zero attached hydrogens (tertiary/aromatic N) is 2. The van der Waals surface area contributed by atoms with Crippen LogP contribution < -0.4 is 4.90 Å². The molecule has 21 heavy (non-hydrogen) atoms. The van der Waals surface area contributed by atoms with Gasteiger partial charge < -0.3 is 10.0 Å². The van der Waals surface area contributed by atoms with Crippen molar-refractivity contribution < 1.29 is 14.7 Å². The Labute approximate surface area is 123 Å². The van der Waals surface area contributed by atoms with Crippen LogP contribution in [-0.2, 0) is 11.2 Å². The van der Waals surface area contributed by atoms with Crippen molar-refractivity contribution in [3.05, 3.63) is 55.1 Å². The summed E-state index contributed by atoms with van der Waals surface area (Å²) in [5.41, 5.74) is 1.53. The number of rotatable bonds is 5. The third-order valence-electron chi connectivity index (χ3n) is 3.44. The van der Waals surface area contributed by atoms with Crippen LogP contribution >= 0.6 is 0 Å². The van der Waals surface area contributed by atoms with Crippen LogP contribution in [0.1, 0.15) is 5.56 Å². The van der Waals surface area contributed by atoms with Gasteiger partial charge in [0.25, 0.3) is 0 Å². The van der Waals surface area contributed by atoms with E-state index in [9.17, 15) is 14.7 Å². The summed E-state index contributed by atoms with van der Waals surface area (Å²) in [6.45, 7) is 7.94. The SMILES string of the molecule is C=CCN(CC=C)C(=O)N1c2ccccc2C[C@H]1C(=O)O. The molecule has 1 aliphatic heterocycles. The van der Waals surface area contributed by atoms with Crippen LogP contribution in [0.15, 0.2) is 49.6 Å². The molecule has 0 unspecified atom stereocenters. The van der Waals surface area contributed by atoms with E-state index < -0.39 is 12.0 Å². The van der Waals surface area contributed by atoms with E-state index in [0.717, 1.165) is 5.56 Å². The minimum atomic E-state index is -1.00. The zero-order valence-corrected chi connectivity index (χ0v) is 11.7. The van der Waals surface area contributed by atoms with Crippen molar-refractivity contribution in [3.63, 3.8) is 0 Å². The standard InChI is InChI=1S/C16H18N2O3/c1-3-9-17(10-4-2)16(21)18-13-8-6-5-7-12(13)11-14(18)15(19)20/h3-8,14H,1-2,9-11H2,(H,19,20)/t14-/m0/s1. The molecule has 1 atom stereocenters. The van der Waals surface area contributed by atoms with Crippen LogP contribution in [0.4, 0.5) is 10.5 Å². The van der Waals surface area contributed by atoms with Crippen LogP contribution in [-0.4, -0.2) is 41.1 Å². The molecule has 0 aliphatic carbocycles. The summed E-state index contributed by atoms with van der Waals surface area (Å²) in [6, 6.07) is 6.06.